The molecule has 4 rings (SSSR count). The molecule has 0 amide bonds. The normalized spacial score (nSPS) is 19.8. The average molecular weight is 343 g/mol. The summed E-state index contributed by atoms with van der Waals surface area (Å²) in [7, 11) is 3.12. The van der Waals surface area contributed by atoms with Crippen molar-refractivity contribution in [3.8, 4) is 0 Å². The summed E-state index contributed by atoms with van der Waals surface area (Å²) in [5, 5.41) is 5.15. The van der Waals surface area contributed by atoms with Gasteiger partial charge in [0, 0.05) is 36.7 Å². The zero-order valence-corrected chi connectivity index (χ0v) is 14.3. The minimum Gasteiger partial charge on any atom is -0.344 e. The molecule has 1 unspecified atom stereocenters. The van der Waals surface area contributed by atoms with Gasteiger partial charge in [-0.2, -0.15) is 0 Å². The van der Waals surface area contributed by atoms with E-state index >= 15 is 0 Å². The second kappa shape index (κ2) is 5.31. The van der Waals surface area contributed by atoms with E-state index in [1.165, 1.54) is 23.0 Å². The molecule has 6 nitrogen and oxygen atoms in total. The minimum atomic E-state index is -0.394. The lowest BCUT2D eigenvalue weighted by Crippen LogP contribution is -2.43. The first-order valence-electron chi connectivity index (χ1n) is 7.87. The monoisotopic (exact) mass is 343 g/mol. The molecule has 0 saturated carbocycles. The van der Waals surface area contributed by atoms with Crippen LogP contribution in [0.1, 0.15) is 35.6 Å². The van der Waals surface area contributed by atoms with Crippen molar-refractivity contribution in [1.29, 1.82) is 0 Å². The van der Waals surface area contributed by atoms with Gasteiger partial charge in [0.1, 0.15) is 5.82 Å². The Hall–Kier alpha value is -2.41. The number of nitrogens with zero attached hydrogens (tertiary/aromatic N) is 2. The maximum atomic E-state index is 12.9. The summed E-state index contributed by atoms with van der Waals surface area (Å²) in [5.74, 6) is 0.202. The SMILES string of the molecule is Cn1c2c(c(=O)n(C)c1=O)C(c1cccs1)C1=C(CCCC1=O)N2. The third-order valence-electron chi connectivity index (χ3n) is 4.83. The number of thiophene rings is 1. The van der Waals surface area contributed by atoms with Crippen molar-refractivity contribution in [2.75, 3.05) is 5.32 Å². The lowest BCUT2D eigenvalue weighted by Gasteiger charge is -2.33. The predicted octanol–water partition coefficient (Wildman–Crippen LogP) is 1.71. The van der Waals surface area contributed by atoms with Crippen LogP contribution in [-0.2, 0) is 18.9 Å². The average Bonchev–Trinajstić information content (AvgIpc) is 3.11. The third-order valence-corrected chi connectivity index (χ3v) is 5.77. The second-order valence-corrected chi connectivity index (χ2v) is 7.19. The van der Waals surface area contributed by atoms with Crippen LogP contribution in [0.25, 0.3) is 0 Å². The quantitative estimate of drug-likeness (QED) is 0.855. The Morgan fingerprint density at radius 1 is 1.17 bits per heavy atom. The van der Waals surface area contributed by atoms with Crippen LogP contribution in [0.15, 0.2) is 38.4 Å². The van der Waals surface area contributed by atoms with Gasteiger partial charge in [0.05, 0.1) is 11.5 Å². The second-order valence-electron chi connectivity index (χ2n) is 6.21. The number of Topliss-reactive ketones (excluding diaryl/α,β-unsaturated/α-hetero) is 1. The van der Waals surface area contributed by atoms with Gasteiger partial charge in [-0.15, -0.1) is 11.3 Å². The standard InChI is InChI=1S/C17H17N3O3S/c1-19-15-14(16(22)20(2)17(19)23)13(11-7-4-8-24-11)12-9(18-15)5-3-6-10(12)21/h4,7-8,13,18H,3,5-6H2,1-2H3. The highest BCUT2D eigenvalue weighted by molar-refractivity contribution is 7.10. The van der Waals surface area contributed by atoms with Crippen molar-refractivity contribution in [1.82, 2.24) is 9.13 Å². The van der Waals surface area contributed by atoms with E-state index in [9.17, 15) is 14.4 Å². The molecule has 0 aromatic carbocycles. The summed E-state index contributed by atoms with van der Waals surface area (Å²) in [5.41, 5.74) is 1.30. The molecule has 7 heteroatoms. The number of aromatic nitrogens is 2. The molecule has 24 heavy (non-hydrogen) atoms. The van der Waals surface area contributed by atoms with E-state index < -0.39 is 5.92 Å². The Labute approximate surface area is 142 Å². The summed E-state index contributed by atoms with van der Waals surface area (Å²) < 4.78 is 2.57. The van der Waals surface area contributed by atoms with Crippen LogP contribution in [0.3, 0.4) is 0 Å². The van der Waals surface area contributed by atoms with Gasteiger partial charge in [0.15, 0.2) is 5.78 Å². The first-order valence-corrected chi connectivity index (χ1v) is 8.75. The number of carbonyl (C=O) groups is 1. The zero-order valence-electron chi connectivity index (χ0n) is 13.5. The Morgan fingerprint density at radius 2 is 1.96 bits per heavy atom. The van der Waals surface area contributed by atoms with Crippen LogP contribution in [0.2, 0.25) is 0 Å². The zero-order chi connectivity index (χ0) is 17.0. The van der Waals surface area contributed by atoms with Crippen LogP contribution in [-0.4, -0.2) is 14.9 Å². The van der Waals surface area contributed by atoms with Crippen LogP contribution in [0.4, 0.5) is 5.82 Å². The molecule has 2 aromatic rings. The molecule has 2 aliphatic rings. The largest absolute Gasteiger partial charge is 0.344 e. The first-order chi connectivity index (χ1) is 11.5. The van der Waals surface area contributed by atoms with Crippen molar-refractivity contribution in [2.45, 2.75) is 25.2 Å². The van der Waals surface area contributed by atoms with Crippen molar-refractivity contribution in [2.24, 2.45) is 14.1 Å². The van der Waals surface area contributed by atoms with E-state index in [1.54, 1.807) is 7.05 Å². The molecule has 2 aromatic heterocycles. The van der Waals surface area contributed by atoms with E-state index in [0.717, 1.165) is 28.0 Å². The molecule has 0 fully saturated rings. The number of hydrogen-bond acceptors (Lipinski definition) is 5. The number of rotatable bonds is 1. The number of fused-ring (bicyclic) bond motifs is 1. The Balaban J connectivity index is 2.10. The maximum Gasteiger partial charge on any atom is 0.332 e. The molecule has 1 N–H and O–H groups in total. The summed E-state index contributed by atoms with van der Waals surface area (Å²) in [6, 6.07) is 3.86. The number of carbonyl (C=O) groups excluding carboxylic acids is 1. The molecular weight excluding hydrogens is 326 g/mol. The van der Waals surface area contributed by atoms with Crippen LogP contribution < -0.4 is 16.6 Å². The molecule has 0 radical (unpaired) electrons. The number of hydrogen-bond donors (Lipinski definition) is 1. The van der Waals surface area contributed by atoms with E-state index in [0.29, 0.717) is 23.4 Å². The predicted molar refractivity (Wildman–Crippen MR) is 92.6 cm³/mol. The van der Waals surface area contributed by atoms with Gasteiger partial charge in [0.25, 0.3) is 5.56 Å². The van der Waals surface area contributed by atoms with Gasteiger partial charge in [-0.1, -0.05) is 6.07 Å². The number of ketones is 1. The van der Waals surface area contributed by atoms with Crippen LogP contribution in [0.5, 0.6) is 0 Å². The summed E-state index contributed by atoms with van der Waals surface area (Å²) in [4.78, 5) is 38.7. The molecule has 0 spiro atoms. The maximum absolute atomic E-state index is 12.9. The summed E-state index contributed by atoms with van der Waals surface area (Å²) >= 11 is 1.53. The van der Waals surface area contributed by atoms with Gasteiger partial charge in [-0.25, -0.2) is 4.79 Å². The van der Waals surface area contributed by atoms with Crippen molar-refractivity contribution in [3.63, 3.8) is 0 Å². The molecule has 1 aliphatic carbocycles. The van der Waals surface area contributed by atoms with Gasteiger partial charge in [-0.05, 0) is 24.3 Å². The molecule has 3 heterocycles. The topological polar surface area (TPSA) is 73.1 Å². The summed E-state index contributed by atoms with van der Waals surface area (Å²) in [6.45, 7) is 0. The molecule has 1 aliphatic heterocycles. The Morgan fingerprint density at radius 3 is 2.67 bits per heavy atom. The van der Waals surface area contributed by atoms with E-state index in [1.807, 2.05) is 17.5 Å². The molecule has 0 saturated heterocycles. The fourth-order valence-corrected chi connectivity index (χ4v) is 4.48. The van der Waals surface area contributed by atoms with E-state index in [2.05, 4.69) is 5.32 Å². The lowest BCUT2D eigenvalue weighted by atomic mass is 9.79. The minimum absolute atomic E-state index is 0.0868. The number of nitrogens with one attached hydrogen (secondary N) is 1. The third kappa shape index (κ3) is 1.97. The van der Waals surface area contributed by atoms with Gasteiger partial charge in [0.2, 0.25) is 0 Å². The highest BCUT2D eigenvalue weighted by Gasteiger charge is 2.38. The first kappa shape index (κ1) is 15.1. The smallest absolute Gasteiger partial charge is 0.332 e. The van der Waals surface area contributed by atoms with Crippen molar-refractivity contribution < 1.29 is 4.79 Å². The van der Waals surface area contributed by atoms with Gasteiger partial charge >= 0.3 is 5.69 Å². The van der Waals surface area contributed by atoms with Crippen molar-refractivity contribution in [3.05, 3.63) is 60.1 Å². The fraction of sp³-hybridized carbons (Fsp3) is 0.353. The Bertz CT molecular complexity index is 995. The molecular formula is C17H17N3O3S. The van der Waals surface area contributed by atoms with Crippen LogP contribution >= 0.6 is 11.3 Å². The van der Waals surface area contributed by atoms with Crippen LogP contribution in [0, 0.1) is 0 Å². The molecule has 124 valence electrons. The molecule has 0 bridgehead atoms. The fourth-order valence-electron chi connectivity index (χ4n) is 3.64. The highest BCUT2D eigenvalue weighted by Crippen LogP contribution is 2.44. The molecule has 1 atom stereocenters. The van der Waals surface area contributed by atoms with Crippen molar-refractivity contribution >= 4 is 22.9 Å². The Kier molecular flexibility index (Phi) is 3.35. The van der Waals surface area contributed by atoms with Gasteiger partial charge in [-0.3, -0.25) is 18.7 Å². The lowest BCUT2D eigenvalue weighted by molar-refractivity contribution is -0.116. The highest BCUT2D eigenvalue weighted by atomic mass is 32.1. The summed E-state index contributed by atoms with van der Waals surface area (Å²) in [6.07, 6.45) is 2.05. The van der Waals surface area contributed by atoms with E-state index in [-0.39, 0.29) is 17.0 Å². The number of anilines is 1. The van der Waals surface area contributed by atoms with E-state index in [4.69, 9.17) is 0 Å². The number of allylic oxidation sites excluding steroid dienone is 2. The van der Waals surface area contributed by atoms with Gasteiger partial charge < -0.3 is 5.32 Å².